The number of esters is 3. The van der Waals surface area contributed by atoms with Gasteiger partial charge in [0.15, 0.2) is 6.10 Å². The minimum atomic E-state index is -0.776. The van der Waals surface area contributed by atoms with Gasteiger partial charge in [0.25, 0.3) is 0 Å². The summed E-state index contributed by atoms with van der Waals surface area (Å²) in [7, 11) is 0. The van der Waals surface area contributed by atoms with Crippen LogP contribution in [0.3, 0.4) is 0 Å². The predicted octanol–water partition coefficient (Wildman–Crippen LogP) is 22.8. The molecule has 1 atom stereocenters. The van der Waals surface area contributed by atoms with Gasteiger partial charge in [0.2, 0.25) is 0 Å². The van der Waals surface area contributed by atoms with Crippen molar-refractivity contribution >= 4 is 17.9 Å². The van der Waals surface area contributed by atoms with Crippen molar-refractivity contribution < 1.29 is 28.6 Å². The minimum absolute atomic E-state index is 0.0721. The molecule has 0 aliphatic rings. The molecule has 440 valence electrons. The summed E-state index contributed by atoms with van der Waals surface area (Å²) >= 11 is 0. The number of ether oxygens (including phenoxy) is 3. The van der Waals surface area contributed by atoms with Gasteiger partial charge >= 0.3 is 17.9 Å². The van der Waals surface area contributed by atoms with Crippen LogP contribution in [-0.2, 0) is 28.6 Å². The maximum Gasteiger partial charge on any atom is 0.306 e. The van der Waals surface area contributed by atoms with E-state index in [4.69, 9.17) is 14.2 Å². The van der Waals surface area contributed by atoms with E-state index < -0.39 is 6.10 Å². The van der Waals surface area contributed by atoms with Crippen LogP contribution in [0.15, 0.2) is 36.5 Å². The summed E-state index contributed by atoms with van der Waals surface area (Å²) in [5.74, 6) is -0.858. The molecule has 0 bridgehead atoms. The van der Waals surface area contributed by atoms with Crippen molar-refractivity contribution in [2.45, 2.75) is 374 Å². The van der Waals surface area contributed by atoms with Crippen molar-refractivity contribution in [1.82, 2.24) is 0 Å². The van der Waals surface area contributed by atoms with Gasteiger partial charge in [0.1, 0.15) is 13.2 Å². The zero-order valence-corrected chi connectivity index (χ0v) is 50.6. The molecule has 6 nitrogen and oxygen atoms in total. The fraction of sp³-hybridized carbons (Fsp3) is 0.870. The average molecular weight is 1050 g/mol. The van der Waals surface area contributed by atoms with Gasteiger partial charge in [-0.1, -0.05) is 327 Å². The molecule has 0 spiro atoms. The molecule has 0 saturated carbocycles. The summed E-state index contributed by atoms with van der Waals surface area (Å²) < 4.78 is 16.9. The fourth-order valence-corrected chi connectivity index (χ4v) is 10.1. The van der Waals surface area contributed by atoms with Crippen LogP contribution >= 0.6 is 0 Å². The van der Waals surface area contributed by atoms with Crippen LogP contribution in [0.5, 0.6) is 0 Å². The second-order valence-electron chi connectivity index (χ2n) is 22.7. The Labute approximate surface area is 467 Å². The molecule has 0 fully saturated rings. The normalized spacial score (nSPS) is 12.2. The Hall–Kier alpha value is -2.37. The number of rotatable bonds is 62. The second-order valence-corrected chi connectivity index (χ2v) is 22.7. The fourth-order valence-electron chi connectivity index (χ4n) is 10.1. The number of allylic oxidation sites excluding steroid dienone is 6. The largest absolute Gasteiger partial charge is 0.462 e. The lowest BCUT2D eigenvalue weighted by Crippen LogP contribution is -2.30. The number of hydrogen-bond acceptors (Lipinski definition) is 6. The van der Waals surface area contributed by atoms with Gasteiger partial charge in [0, 0.05) is 19.3 Å². The Balaban J connectivity index is 4.25. The van der Waals surface area contributed by atoms with E-state index in [9.17, 15) is 14.4 Å². The van der Waals surface area contributed by atoms with Crippen LogP contribution < -0.4 is 0 Å². The van der Waals surface area contributed by atoms with Crippen LogP contribution in [-0.4, -0.2) is 37.2 Å². The van der Waals surface area contributed by atoms with Crippen LogP contribution in [0, 0.1) is 0 Å². The first-order chi connectivity index (χ1) is 37.0. The molecular formula is C69H128O6. The monoisotopic (exact) mass is 1050 g/mol. The smallest absolute Gasteiger partial charge is 0.306 e. The van der Waals surface area contributed by atoms with E-state index >= 15 is 0 Å². The minimum Gasteiger partial charge on any atom is -0.462 e. The van der Waals surface area contributed by atoms with Gasteiger partial charge in [-0.25, -0.2) is 0 Å². The summed E-state index contributed by atoms with van der Waals surface area (Å²) in [5.41, 5.74) is 0. The van der Waals surface area contributed by atoms with Gasteiger partial charge in [-0.2, -0.15) is 0 Å². The van der Waals surface area contributed by atoms with Gasteiger partial charge in [-0.15, -0.1) is 0 Å². The number of carbonyl (C=O) groups excluding carboxylic acids is 3. The molecule has 0 aliphatic heterocycles. The Morgan fingerprint density at radius 2 is 0.480 bits per heavy atom. The molecule has 0 radical (unpaired) electrons. The molecular weight excluding hydrogens is 925 g/mol. The summed E-state index contributed by atoms with van der Waals surface area (Å²) in [6.45, 7) is 6.67. The Morgan fingerprint density at radius 1 is 0.267 bits per heavy atom. The molecule has 0 aliphatic carbocycles. The molecule has 0 saturated heterocycles. The van der Waals surface area contributed by atoms with Crippen LogP contribution in [0.1, 0.15) is 367 Å². The lowest BCUT2D eigenvalue weighted by molar-refractivity contribution is -0.167. The maximum absolute atomic E-state index is 12.9. The van der Waals surface area contributed by atoms with Gasteiger partial charge in [0.05, 0.1) is 0 Å². The zero-order chi connectivity index (χ0) is 54.3. The van der Waals surface area contributed by atoms with E-state index in [1.807, 2.05) is 0 Å². The predicted molar refractivity (Wildman–Crippen MR) is 326 cm³/mol. The van der Waals surface area contributed by atoms with E-state index in [0.717, 1.165) is 77.0 Å². The zero-order valence-electron chi connectivity index (χ0n) is 50.6. The van der Waals surface area contributed by atoms with Crippen LogP contribution in [0.2, 0.25) is 0 Å². The van der Waals surface area contributed by atoms with Crippen molar-refractivity contribution in [3.05, 3.63) is 36.5 Å². The molecule has 6 heteroatoms. The van der Waals surface area contributed by atoms with Crippen molar-refractivity contribution in [2.75, 3.05) is 13.2 Å². The van der Waals surface area contributed by atoms with Crippen molar-refractivity contribution in [3.63, 3.8) is 0 Å². The van der Waals surface area contributed by atoms with Crippen molar-refractivity contribution in [3.8, 4) is 0 Å². The molecule has 0 aromatic rings. The number of hydrogen-bond donors (Lipinski definition) is 0. The Kier molecular flexibility index (Phi) is 62.1. The maximum atomic E-state index is 12.9. The Bertz CT molecular complexity index is 1250. The number of carbonyl (C=O) groups is 3. The summed E-state index contributed by atoms with van der Waals surface area (Å²) in [4.78, 5) is 38.3. The quantitative estimate of drug-likeness (QED) is 0.0261. The first-order valence-electron chi connectivity index (χ1n) is 33.5. The molecule has 75 heavy (non-hydrogen) atoms. The molecule has 0 heterocycles. The SMILES string of the molecule is CCCCC/C=C\C/C=C\C/C=C\CCCCCCCCC(=O)OC(COC(=O)CCCCCCCCCCCCCCC)COC(=O)CCCCCCCCCCCCCCCCCCCCCCCCCCC. The summed E-state index contributed by atoms with van der Waals surface area (Å²) in [5, 5.41) is 0. The summed E-state index contributed by atoms with van der Waals surface area (Å²) in [6, 6.07) is 0. The molecule has 0 rings (SSSR count). The van der Waals surface area contributed by atoms with E-state index in [-0.39, 0.29) is 31.1 Å². The van der Waals surface area contributed by atoms with Crippen molar-refractivity contribution in [1.29, 1.82) is 0 Å². The molecule has 0 aromatic carbocycles. The lowest BCUT2D eigenvalue weighted by Gasteiger charge is -2.18. The highest BCUT2D eigenvalue weighted by Gasteiger charge is 2.19. The Morgan fingerprint density at radius 3 is 0.773 bits per heavy atom. The lowest BCUT2D eigenvalue weighted by atomic mass is 10.0. The van der Waals surface area contributed by atoms with Gasteiger partial charge < -0.3 is 14.2 Å². The average Bonchev–Trinajstić information content (AvgIpc) is 3.41. The van der Waals surface area contributed by atoms with E-state index in [1.54, 1.807) is 0 Å². The molecule has 1 unspecified atom stereocenters. The van der Waals surface area contributed by atoms with Gasteiger partial charge in [-0.3, -0.25) is 14.4 Å². The topological polar surface area (TPSA) is 78.9 Å². The summed E-state index contributed by atoms with van der Waals surface area (Å²) in [6.07, 6.45) is 78.7. The van der Waals surface area contributed by atoms with Crippen LogP contribution in [0.25, 0.3) is 0 Å². The van der Waals surface area contributed by atoms with E-state index in [1.165, 1.54) is 250 Å². The second kappa shape index (κ2) is 64.2. The highest BCUT2D eigenvalue weighted by Crippen LogP contribution is 2.18. The number of unbranched alkanes of at least 4 members (excludes halogenated alkanes) is 45. The molecule has 0 aromatic heterocycles. The molecule has 0 amide bonds. The third kappa shape index (κ3) is 62.4. The third-order valence-corrected chi connectivity index (χ3v) is 15.1. The van der Waals surface area contributed by atoms with E-state index in [0.29, 0.717) is 19.3 Å². The molecule has 0 N–H and O–H groups in total. The third-order valence-electron chi connectivity index (χ3n) is 15.1. The van der Waals surface area contributed by atoms with Gasteiger partial charge in [-0.05, 0) is 57.8 Å². The highest BCUT2D eigenvalue weighted by molar-refractivity contribution is 5.71. The van der Waals surface area contributed by atoms with Crippen molar-refractivity contribution in [2.24, 2.45) is 0 Å². The standard InChI is InChI=1S/C69H128O6/c1-4-7-10-13-16-19-22-25-27-29-31-32-33-34-35-36-38-39-41-44-47-50-53-56-59-62-68(71)74-65-66(64-73-67(70)61-58-55-52-49-46-43-24-21-18-15-12-9-6-3)75-69(72)63-60-57-54-51-48-45-42-40-37-30-28-26-23-20-17-14-11-8-5-2/h17,20,26,28,37,40,66H,4-16,18-19,21-25,27,29-36,38-39,41-65H2,1-3H3/b20-17-,28-26-,40-37-. The first-order valence-corrected chi connectivity index (χ1v) is 33.5. The van der Waals surface area contributed by atoms with E-state index in [2.05, 4.69) is 57.2 Å². The van der Waals surface area contributed by atoms with Crippen LogP contribution in [0.4, 0.5) is 0 Å². The highest BCUT2D eigenvalue weighted by atomic mass is 16.6. The first kappa shape index (κ1) is 72.6.